The highest BCUT2D eigenvalue weighted by molar-refractivity contribution is 6.42. The standard InChI is InChI=1S/C19H25NSi/c1-17(2)16-21-15-9-14-20(18-10-5-3-6-11-18)19-12-7-4-8-13-19/h3-8,10-13,16H,9,14-15,21H2,1-2H3. The molecule has 1 nitrogen and oxygen atoms in total. The van der Waals surface area contributed by atoms with Gasteiger partial charge in [0.2, 0.25) is 0 Å². The minimum absolute atomic E-state index is 0.0275. The van der Waals surface area contributed by atoms with Crippen LogP contribution in [0.5, 0.6) is 0 Å². The highest BCUT2D eigenvalue weighted by Gasteiger charge is 2.07. The molecule has 0 spiro atoms. The second-order valence-corrected chi connectivity index (χ2v) is 7.29. The predicted octanol–water partition coefficient (Wildman–Crippen LogP) is 4.73. The number of benzene rings is 2. The molecule has 0 saturated heterocycles. The van der Waals surface area contributed by atoms with Gasteiger partial charge in [-0.2, -0.15) is 0 Å². The summed E-state index contributed by atoms with van der Waals surface area (Å²) in [6.45, 7) is 5.50. The van der Waals surface area contributed by atoms with Gasteiger partial charge in [0.05, 0.1) is 0 Å². The van der Waals surface area contributed by atoms with Crippen LogP contribution in [-0.4, -0.2) is 16.1 Å². The highest BCUT2D eigenvalue weighted by atomic mass is 28.2. The summed E-state index contributed by atoms with van der Waals surface area (Å²) in [6.07, 6.45) is 1.26. The number of nitrogens with zero attached hydrogens (tertiary/aromatic N) is 1. The Labute approximate surface area is 131 Å². The zero-order valence-corrected chi connectivity index (χ0v) is 14.5. The average molecular weight is 296 g/mol. The Hall–Kier alpha value is -1.80. The van der Waals surface area contributed by atoms with Gasteiger partial charge < -0.3 is 4.90 Å². The van der Waals surface area contributed by atoms with Crippen molar-refractivity contribution < 1.29 is 0 Å². The third-order valence-corrected chi connectivity index (χ3v) is 5.54. The molecule has 0 N–H and O–H groups in total. The van der Waals surface area contributed by atoms with E-state index in [4.69, 9.17) is 0 Å². The molecule has 0 aromatic heterocycles. The summed E-state index contributed by atoms with van der Waals surface area (Å²) in [5.74, 6) is 0. The van der Waals surface area contributed by atoms with Crippen molar-refractivity contribution in [2.45, 2.75) is 26.3 Å². The Morgan fingerprint density at radius 3 is 1.90 bits per heavy atom. The lowest BCUT2D eigenvalue weighted by Crippen LogP contribution is -2.18. The van der Waals surface area contributed by atoms with Crippen molar-refractivity contribution in [3.63, 3.8) is 0 Å². The SMILES string of the molecule is CC(C)=C[SiH2]CCCN(c1ccccc1)c1ccccc1. The minimum Gasteiger partial charge on any atom is -0.342 e. The number of hydrogen-bond acceptors (Lipinski definition) is 1. The van der Waals surface area contributed by atoms with E-state index in [1.165, 1.54) is 29.4 Å². The van der Waals surface area contributed by atoms with Gasteiger partial charge in [-0.3, -0.25) is 0 Å². The Kier molecular flexibility index (Phi) is 6.29. The summed E-state index contributed by atoms with van der Waals surface area (Å²) in [4.78, 5) is 2.43. The van der Waals surface area contributed by atoms with E-state index in [0.717, 1.165) is 6.54 Å². The predicted molar refractivity (Wildman–Crippen MR) is 97.3 cm³/mol. The molecule has 21 heavy (non-hydrogen) atoms. The van der Waals surface area contributed by atoms with E-state index >= 15 is 0 Å². The number of anilines is 2. The van der Waals surface area contributed by atoms with Gasteiger partial charge in [0.15, 0.2) is 0 Å². The molecule has 2 aromatic carbocycles. The molecule has 0 amide bonds. The van der Waals surface area contributed by atoms with Crippen molar-refractivity contribution in [2.75, 3.05) is 11.4 Å². The normalized spacial score (nSPS) is 10.8. The molecule has 2 aromatic rings. The van der Waals surface area contributed by atoms with Gasteiger partial charge in [-0.25, -0.2) is 0 Å². The molecule has 0 heterocycles. The summed E-state index contributed by atoms with van der Waals surface area (Å²) < 4.78 is 0. The first-order valence-corrected chi connectivity index (χ1v) is 9.60. The van der Waals surface area contributed by atoms with E-state index in [-0.39, 0.29) is 9.52 Å². The van der Waals surface area contributed by atoms with E-state index in [2.05, 4.69) is 85.1 Å². The van der Waals surface area contributed by atoms with Gasteiger partial charge in [0.1, 0.15) is 0 Å². The van der Waals surface area contributed by atoms with Crippen molar-refractivity contribution in [1.82, 2.24) is 0 Å². The zero-order chi connectivity index (χ0) is 14.9. The van der Waals surface area contributed by atoms with Crippen molar-refractivity contribution >= 4 is 20.9 Å². The molecule has 110 valence electrons. The van der Waals surface area contributed by atoms with Crippen LogP contribution < -0.4 is 4.90 Å². The number of allylic oxidation sites excluding steroid dienone is 1. The smallest absolute Gasteiger partial charge is 0.0454 e. The summed E-state index contributed by atoms with van der Waals surface area (Å²) in [7, 11) is -0.0275. The maximum Gasteiger partial charge on any atom is 0.0454 e. The van der Waals surface area contributed by atoms with Crippen LogP contribution in [0.3, 0.4) is 0 Å². The summed E-state index contributed by atoms with van der Waals surface area (Å²) in [5.41, 5.74) is 6.51. The second-order valence-electron chi connectivity index (χ2n) is 5.60. The van der Waals surface area contributed by atoms with E-state index in [1.807, 2.05) is 0 Å². The third-order valence-electron chi connectivity index (χ3n) is 3.52. The Morgan fingerprint density at radius 1 is 0.905 bits per heavy atom. The third kappa shape index (κ3) is 5.24. The second kappa shape index (κ2) is 8.48. The minimum atomic E-state index is -0.0275. The fraction of sp³-hybridized carbons (Fsp3) is 0.263. The fourth-order valence-corrected chi connectivity index (χ4v) is 3.72. The molecular weight excluding hydrogens is 270 g/mol. The molecular formula is C19H25NSi. The highest BCUT2D eigenvalue weighted by Crippen LogP contribution is 2.25. The van der Waals surface area contributed by atoms with Gasteiger partial charge in [-0.15, -0.1) is 5.70 Å². The van der Waals surface area contributed by atoms with Crippen molar-refractivity contribution in [1.29, 1.82) is 0 Å². The Morgan fingerprint density at radius 2 is 1.43 bits per heavy atom. The topological polar surface area (TPSA) is 3.24 Å². The molecule has 0 aliphatic carbocycles. The van der Waals surface area contributed by atoms with Crippen LogP contribution in [0.15, 0.2) is 71.9 Å². The number of para-hydroxylation sites is 2. The van der Waals surface area contributed by atoms with E-state index in [1.54, 1.807) is 0 Å². The largest absolute Gasteiger partial charge is 0.342 e. The lowest BCUT2D eigenvalue weighted by Gasteiger charge is -2.25. The maximum atomic E-state index is 2.47. The first kappa shape index (κ1) is 15.6. The van der Waals surface area contributed by atoms with Gasteiger partial charge in [-0.05, 0) is 44.5 Å². The van der Waals surface area contributed by atoms with E-state index < -0.39 is 0 Å². The van der Waals surface area contributed by atoms with Crippen LogP contribution in [0, 0.1) is 0 Å². The molecule has 0 unspecified atom stereocenters. The fourth-order valence-electron chi connectivity index (χ4n) is 2.43. The van der Waals surface area contributed by atoms with Crippen molar-refractivity contribution in [2.24, 2.45) is 0 Å². The molecule has 0 aliphatic heterocycles. The van der Waals surface area contributed by atoms with Crippen LogP contribution in [0.2, 0.25) is 6.04 Å². The maximum absolute atomic E-state index is 2.47. The summed E-state index contributed by atoms with van der Waals surface area (Å²) in [5, 5.41) is 0. The van der Waals surface area contributed by atoms with Crippen molar-refractivity contribution in [3.8, 4) is 0 Å². The molecule has 0 fully saturated rings. The van der Waals surface area contributed by atoms with Gasteiger partial charge >= 0.3 is 0 Å². The van der Waals surface area contributed by atoms with Crippen LogP contribution in [-0.2, 0) is 0 Å². The molecule has 0 bridgehead atoms. The number of rotatable bonds is 7. The Balaban J connectivity index is 2.02. The van der Waals surface area contributed by atoms with Gasteiger partial charge in [-0.1, -0.05) is 48.0 Å². The summed E-state index contributed by atoms with van der Waals surface area (Å²) >= 11 is 0. The first-order valence-electron chi connectivity index (χ1n) is 7.78. The molecule has 0 saturated carbocycles. The summed E-state index contributed by atoms with van der Waals surface area (Å²) in [6, 6.07) is 22.8. The lowest BCUT2D eigenvalue weighted by molar-refractivity contribution is 0.882. The molecule has 2 rings (SSSR count). The van der Waals surface area contributed by atoms with E-state index in [9.17, 15) is 0 Å². The lowest BCUT2D eigenvalue weighted by atomic mass is 10.2. The zero-order valence-electron chi connectivity index (χ0n) is 13.1. The van der Waals surface area contributed by atoms with Crippen LogP contribution >= 0.6 is 0 Å². The van der Waals surface area contributed by atoms with Gasteiger partial charge in [0, 0.05) is 27.4 Å². The van der Waals surface area contributed by atoms with E-state index in [0.29, 0.717) is 0 Å². The van der Waals surface area contributed by atoms with Crippen LogP contribution in [0.25, 0.3) is 0 Å². The molecule has 0 aliphatic rings. The monoisotopic (exact) mass is 295 g/mol. The number of hydrogen-bond donors (Lipinski definition) is 0. The molecule has 0 radical (unpaired) electrons. The average Bonchev–Trinajstić information content (AvgIpc) is 2.52. The van der Waals surface area contributed by atoms with Crippen molar-refractivity contribution in [3.05, 3.63) is 71.9 Å². The molecule has 2 heteroatoms. The molecule has 0 atom stereocenters. The Bertz CT molecular complexity index is 505. The first-order chi connectivity index (χ1) is 10.3. The quantitative estimate of drug-likeness (QED) is 0.527. The van der Waals surface area contributed by atoms with Crippen LogP contribution in [0.1, 0.15) is 20.3 Å². The van der Waals surface area contributed by atoms with Gasteiger partial charge in [0.25, 0.3) is 0 Å². The van der Waals surface area contributed by atoms with Crippen LogP contribution in [0.4, 0.5) is 11.4 Å².